The van der Waals surface area contributed by atoms with E-state index in [9.17, 15) is 8.78 Å². The molecular weight excluding hydrogens is 116 g/mol. The first-order chi connectivity index (χ1) is 3.62. The molecule has 0 rings (SSSR count). The highest BCUT2D eigenvalue weighted by Gasteiger charge is 2.24. The smallest absolute Gasteiger partial charge is 0.262 e. The number of hydrogen-bond acceptors (Lipinski definition) is 2. The summed E-state index contributed by atoms with van der Waals surface area (Å²) >= 11 is 0. The fraction of sp³-hybridized carbons (Fsp3) is 1.00. The SMILES string of the molecule is NCC(F)(F)CCO. The number of hydrogen-bond donors (Lipinski definition) is 2. The minimum Gasteiger partial charge on any atom is -0.396 e. The Labute approximate surface area is 46.3 Å². The van der Waals surface area contributed by atoms with Gasteiger partial charge in [0.15, 0.2) is 0 Å². The second kappa shape index (κ2) is 2.94. The van der Waals surface area contributed by atoms with Crippen LogP contribution in [-0.4, -0.2) is 24.2 Å². The van der Waals surface area contributed by atoms with Crippen molar-refractivity contribution < 1.29 is 13.9 Å². The third kappa shape index (κ3) is 2.87. The zero-order valence-electron chi connectivity index (χ0n) is 4.40. The molecule has 0 aliphatic carbocycles. The van der Waals surface area contributed by atoms with Crippen LogP contribution in [0.1, 0.15) is 6.42 Å². The molecule has 0 spiro atoms. The summed E-state index contributed by atoms with van der Waals surface area (Å²) in [5, 5.41) is 8.00. The Morgan fingerprint density at radius 3 is 2.12 bits per heavy atom. The molecular formula is C4H9F2NO. The van der Waals surface area contributed by atoms with Crippen LogP contribution >= 0.6 is 0 Å². The molecule has 0 aliphatic heterocycles. The molecule has 0 amide bonds. The number of alkyl halides is 2. The third-order valence-electron chi connectivity index (χ3n) is 0.776. The maximum absolute atomic E-state index is 11.9. The van der Waals surface area contributed by atoms with Crippen molar-refractivity contribution in [2.45, 2.75) is 12.3 Å². The Bertz CT molecular complexity index is 67.1. The van der Waals surface area contributed by atoms with E-state index in [1.54, 1.807) is 0 Å². The second-order valence-corrected chi connectivity index (χ2v) is 1.53. The molecule has 0 aromatic rings. The Morgan fingerprint density at radius 1 is 1.50 bits per heavy atom. The summed E-state index contributed by atoms with van der Waals surface area (Å²) in [6, 6.07) is 0. The topological polar surface area (TPSA) is 46.2 Å². The molecule has 2 nitrogen and oxygen atoms in total. The summed E-state index contributed by atoms with van der Waals surface area (Å²) in [4.78, 5) is 0. The van der Waals surface area contributed by atoms with Crippen LogP contribution < -0.4 is 5.73 Å². The van der Waals surface area contributed by atoms with Crippen molar-refractivity contribution in [3.63, 3.8) is 0 Å². The summed E-state index contributed by atoms with van der Waals surface area (Å²) in [5.74, 6) is -2.88. The van der Waals surface area contributed by atoms with Gasteiger partial charge in [-0.3, -0.25) is 0 Å². The molecule has 0 radical (unpaired) electrons. The number of aliphatic hydroxyl groups excluding tert-OH is 1. The zero-order chi connectivity index (χ0) is 6.62. The van der Waals surface area contributed by atoms with Gasteiger partial charge in [-0.15, -0.1) is 0 Å². The van der Waals surface area contributed by atoms with Crippen molar-refractivity contribution in [3.8, 4) is 0 Å². The van der Waals surface area contributed by atoms with Crippen molar-refractivity contribution in [2.24, 2.45) is 5.73 Å². The van der Waals surface area contributed by atoms with Crippen LogP contribution in [0.5, 0.6) is 0 Å². The molecule has 0 fully saturated rings. The predicted octanol–water partition coefficient (Wildman–Crippen LogP) is -0.0372. The highest BCUT2D eigenvalue weighted by Crippen LogP contribution is 2.14. The quantitative estimate of drug-likeness (QED) is 0.556. The van der Waals surface area contributed by atoms with Crippen molar-refractivity contribution in [3.05, 3.63) is 0 Å². The highest BCUT2D eigenvalue weighted by molar-refractivity contribution is 4.64. The molecule has 3 N–H and O–H groups in total. The van der Waals surface area contributed by atoms with E-state index >= 15 is 0 Å². The van der Waals surface area contributed by atoms with Gasteiger partial charge in [-0.05, 0) is 0 Å². The molecule has 0 aromatic carbocycles. The molecule has 0 heterocycles. The highest BCUT2D eigenvalue weighted by atomic mass is 19.3. The van der Waals surface area contributed by atoms with E-state index in [1.807, 2.05) is 0 Å². The van der Waals surface area contributed by atoms with Crippen LogP contribution in [0.3, 0.4) is 0 Å². The van der Waals surface area contributed by atoms with Gasteiger partial charge in [0.05, 0.1) is 6.54 Å². The Hall–Kier alpha value is -0.220. The fourth-order valence-corrected chi connectivity index (χ4v) is 0.266. The minimum atomic E-state index is -2.88. The summed E-state index contributed by atoms with van der Waals surface area (Å²) in [5.41, 5.74) is 4.63. The van der Waals surface area contributed by atoms with Gasteiger partial charge >= 0.3 is 0 Å². The standard InChI is InChI=1S/C4H9F2NO/c5-4(6,3-7)1-2-8/h8H,1-3,7H2. The van der Waals surface area contributed by atoms with Crippen LogP contribution in [0.2, 0.25) is 0 Å². The number of halogens is 2. The first-order valence-corrected chi connectivity index (χ1v) is 2.31. The molecule has 0 saturated heterocycles. The van der Waals surface area contributed by atoms with Gasteiger partial charge in [-0.2, -0.15) is 0 Å². The van der Waals surface area contributed by atoms with E-state index < -0.39 is 25.5 Å². The Kier molecular flexibility index (Phi) is 2.86. The molecule has 50 valence electrons. The molecule has 0 aromatic heterocycles. The lowest BCUT2D eigenvalue weighted by molar-refractivity contribution is -0.0120. The lowest BCUT2D eigenvalue weighted by Gasteiger charge is -2.09. The third-order valence-corrected chi connectivity index (χ3v) is 0.776. The van der Waals surface area contributed by atoms with Gasteiger partial charge in [-0.1, -0.05) is 0 Å². The Morgan fingerprint density at radius 2 is 2.00 bits per heavy atom. The van der Waals surface area contributed by atoms with Gasteiger partial charge in [0, 0.05) is 13.0 Å². The van der Waals surface area contributed by atoms with Gasteiger partial charge in [0.25, 0.3) is 5.92 Å². The van der Waals surface area contributed by atoms with Crippen LogP contribution in [-0.2, 0) is 0 Å². The van der Waals surface area contributed by atoms with Crippen LogP contribution in [0.25, 0.3) is 0 Å². The summed E-state index contributed by atoms with van der Waals surface area (Å²) < 4.78 is 23.7. The maximum Gasteiger partial charge on any atom is 0.262 e. The number of rotatable bonds is 3. The van der Waals surface area contributed by atoms with Crippen LogP contribution in [0.15, 0.2) is 0 Å². The number of nitrogens with two attached hydrogens (primary N) is 1. The summed E-state index contributed by atoms with van der Waals surface area (Å²) in [7, 11) is 0. The molecule has 0 saturated carbocycles. The van der Waals surface area contributed by atoms with E-state index in [1.165, 1.54) is 0 Å². The summed E-state index contributed by atoms with van der Waals surface area (Å²) in [6.07, 6.45) is -0.538. The number of aliphatic hydroxyl groups is 1. The lowest BCUT2D eigenvalue weighted by Crippen LogP contribution is -2.28. The van der Waals surface area contributed by atoms with E-state index in [0.29, 0.717) is 0 Å². The molecule has 8 heavy (non-hydrogen) atoms. The predicted molar refractivity (Wildman–Crippen MR) is 25.7 cm³/mol. The van der Waals surface area contributed by atoms with Crippen molar-refractivity contribution in [1.29, 1.82) is 0 Å². The average molecular weight is 125 g/mol. The minimum absolute atomic E-state index is 0.510. The van der Waals surface area contributed by atoms with Crippen LogP contribution in [0, 0.1) is 0 Å². The van der Waals surface area contributed by atoms with Gasteiger partial charge in [0.2, 0.25) is 0 Å². The monoisotopic (exact) mass is 125 g/mol. The normalized spacial score (nSPS) is 12.0. The molecule has 0 atom stereocenters. The van der Waals surface area contributed by atoms with E-state index in [-0.39, 0.29) is 0 Å². The molecule has 0 aliphatic rings. The largest absolute Gasteiger partial charge is 0.396 e. The molecule has 0 bridgehead atoms. The average Bonchev–Trinajstić information content (AvgIpc) is 1.67. The second-order valence-electron chi connectivity index (χ2n) is 1.53. The van der Waals surface area contributed by atoms with Gasteiger partial charge in [0.1, 0.15) is 0 Å². The van der Waals surface area contributed by atoms with Crippen molar-refractivity contribution in [2.75, 3.05) is 13.2 Å². The summed E-state index contributed by atoms with van der Waals surface area (Å²) in [6.45, 7) is -1.20. The van der Waals surface area contributed by atoms with E-state index in [4.69, 9.17) is 5.11 Å². The van der Waals surface area contributed by atoms with E-state index in [0.717, 1.165) is 0 Å². The lowest BCUT2D eigenvalue weighted by atomic mass is 10.2. The zero-order valence-corrected chi connectivity index (χ0v) is 4.40. The van der Waals surface area contributed by atoms with Crippen LogP contribution in [0.4, 0.5) is 8.78 Å². The van der Waals surface area contributed by atoms with Gasteiger partial charge in [-0.25, -0.2) is 8.78 Å². The molecule has 0 unspecified atom stereocenters. The van der Waals surface area contributed by atoms with E-state index in [2.05, 4.69) is 5.73 Å². The van der Waals surface area contributed by atoms with Crippen molar-refractivity contribution in [1.82, 2.24) is 0 Å². The first-order valence-electron chi connectivity index (χ1n) is 2.31. The van der Waals surface area contributed by atoms with Crippen molar-refractivity contribution >= 4 is 0 Å². The maximum atomic E-state index is 11.9. The Balaban J connectivity index is 3.37. The molecule has 4 heteroatoms. The first kappa shape index (κ1) is 7.78. The van der Waals surface area contributed by atoms with Gasteiger partial charge < -0.3 is 10.8 Å². The fourth-order valence-electron chi connectivity index (χ4n) is 0.266.